The maximum absolute atomic E-state index is 12.4. The predicted molar refractivity (Wildman–Crippen MR) is 96.4 cm³/mol. The van der Waals surface area contributed by atoms with Gasteiger partial charge in [0, 0.05) is 4.88 Å². The second kappa shape index (κ2) is 7.06. The summed E-state index contributed by atoms with van der Waals surface area (Å²) < 4.78 is 28.1. The summed E-state index contributed by atoms with van der Waals surface area (Å²) in [5.74, 6) is -0.122. The molecule has 2 aromatic rings. The third-order valence-corrected chi connectivity index (χ3v) is 6.28. The van der Waals surface area contributed by atoms with Gasteiger partial charge in [-0.25, -0.2) is 13.6 Å². The van der Waals surface area contributed by atoms with Crippen molar-refractivity contribution in [1.29, 1.82) is 0 Å². The second-order valence-electron chi connectivity index (χ2n) is 5.69. The van der Waals surface area contributed by atoms with E-state index in [9.17, 15) is 18.0 Å². The molecule has 0 bridgehead atoms. The van der Waals surface area contributed by atoms with Crippen LogP contribution in [0.4, 0.5) is 5.69 Å². The van der Waals surface area contributed by atoms with Crippen molar-refractivity contribution in [2.24, 2.45) is 5.14 Å². The number of ether oxygens (including phenoxy) is 1. The average Bonchev–Trinajstić information content (AvgIpc) is 3.06. The Balaban J connectivity index is 1.66. The number of nitrogens with one attached hydrogen (secondary N) is 1. The minimum Gasteiger partial charge on any atom is -0.479 e. The van der Waals surface area contributed by atoms with Crippen molar-refractivity contribution in [1.82, 2.24) is 5.32 Å². The van der Waals surface area contributed by atoms with Crippen LogP contribution in [0.5, 0.6) is 5.75 Å². The lowest BCUT2D eigenvalue weighted by Crippen LogP contribution is -2.48. The van der Waals surface area contributed by atoms with Crippen molar-refractivity contribution in [2.45, 2.75) is 23.8 Å². The zero-order valence-corrected chi connectivity index (χ0v) is 15.5. The van der Waals surface area contributed by atoms with E-state index in [-0.39, 0.29) is 29.1 Å². The molecule has 138 valence electrons. The van der Waals surface area contributed by atoms with Crippen molar-refractivity contribution in [2.75, 3.05) is 11.4 Å². The summed E-state index contributed by atoms with van der Waals surface area (Å²) >= 11 is 0.989. The molecule has 0 aliphatic carbocycles. The molecule has 1 aliphatic rings. The van der Waals surface area contributed by atoms with Crippen LogP contribution in [0.1, 0.15) is 11.8 Å². The summed E-state index contributed by atoms with van der Waals surface area (Å²) in [4.78, 5) is 26.6. The van der Waals surface area contributed by atoms with Crippen molar-refractivity contribution >= 4 is 38.9 Å². The molecule has 1 unspecified atom stereocenters. The third-order valence-electron chi connectivity index (χ3n) is 3.75. The van der Waals surface area contributed by atoms with Crippen LogP contribution in [-0.4, -0.2) is 32.9 Å². The van der Waals surface area contributed by atoms with Gasteiger partial charge in [0.25, 0.3) is 5.91 Å². The average molecular weight is 395 g/mol. The number of thiophene rings is 1. The molecule has 2 amide bonds. The fourth-order valence-corrected chi connectivity index (χ4v) is 4.23. The van der Waals surface area contributed by atoms with Crippen LogP contribution in [0.3, 0.4) is 0 Å². The van der Waals surface area contributed by atoms with Crippen LogP contribution in [0.2, 0.25) is 0 Å². The highest BCUT2D eigenvalue weighted by Gasteiger charge is 2.32. The topological polar surface area (TPSA) is 119 Å². The normalized spacial score (nSPS) is 16.8. The molecule has 1 aromatic carbocycles. The Hall–Kier alpha value is -2.43. The number of nitrogens with two attached hydrogens (primary N) is 1. The molecule has 8 nitrogen and oxygen atoms in total. The maximum Gasteiger partial charge on any atom is 0.268 e. The van der Waals surface area contributed by atoms with E-state index in [0.29, 0.717) is 16.3 Å². The van der Waals surface area contributed by atoms with Gasteiger partial charge in [0.05, 0.1) is 12.2 Å². The van der Waals surface area contributed by atoms with Gasteiger partial charge in [0.2, 0.25) is 15.9 Å². The summed E-state index contributed by atoms with van der Waals surface area (Å²) in [6, 6.07) is 9.98. The summed E-state index contributed by atoms with van der Waals surface area (Å²) in [5.41, 5.74) is 0.540. The molecule has 0 saturated heterocycles. The number of hydrogen-bond acceptors (Lipinski definition) is 6. The quantitative estimate of drug-likeness (QED) is 0.777. The van der Waals surface area contributed by atoms with E-state index in [4.69, 9.17) is 9.88 Å². The van der Waals surface area contributed by atoms with Crippen molar-refractivity contribution in [3.63, 3.8) is 0 Å². The minimum atomic E-state index is -3.75. The Morgan fingerprint density at radius 2 is 2.04 bits per heavy atom. The Kier molecular flexibility index (Phi) is 4.99. The number of fused-ring (bicyclic) bond motifs is 1. The monoisotopic (exact) mass is 395 g/mol. The molecule has 0 fully saturated rings. The van der Waals surface area contributed by atoms with E-state index in [0.717, 1.165) is 11.3 Å². The lowest BCUT2D eigenvalue weighted by molar-refractivity contribution is -0.128. The lowest BCUT2D eigenvalue weighted by atomic mass is 10.2. The molecular formula is C16H17N3O5S2. The molecule has 3 rings (SSSR count). The molecule has 1 aromatic heterocycles. The van der Waals surface area contributed by atoms with Crippen LogP contribution in [0, 0.1) is 0 Å². The van der Waals surface area contributed by atoms with Gasteiger partial charge in [-0.1, -0.05) is 12.1 Å². The smallest absolute Gasteiger partial charge is 0.268 e. The van der Waals surface area contributed by atoms with Crippen molar-refractivity contribution < 1.29 is 22.7 Å². The standard InChI is InChI=1S/C16H17N3O5S2/c1-10-16(21)19(12-4-2-3-5-13(12)24-10)9-14(20)18-8-11-6-7-15(25-11)26(17,22)23/h2-7,10H,8-9H2,1H3,(H,18,20)(H2,17,22,23). The molecule has 10 heteroatoms. The van der Waals surface area contributed by atoms with Gasteiger partial charge in [0.1, 0.15) is 16.5 Å². The number of carbonyl (C=O) groups is 2. The second-order valence-corrected chi connectivity index (χ2v) is 8.65. The summed E-state index contributed by atoms with van der Waals surface area (Å²) in [6.07, 6.45) is -0.674. The molecule has 0 radical (unpaired) electrons. The molecule has 0 saturated carbocycles. The number of hydrogen-bond donors (Lipinski definition) is 2. The van der Waals surface area contributed by atoms with Crippen LogP contribution in [-0.2, 0) is 26.2 Å². The Labute approximate surface area is 154 Å². The van der Waals surface area contributed by atoms with Crippen LogP contribution in [0.25, 0.3) is 0 Å². The number of primary sulfonamides is 1. The van der Waals surface area contributed by atoms with Crippen LogP contribution >= 0.6 is 11.3 Å². The SMILES string of the molecule is CC1Oc2ccccc2N(CC(=O)NCc2ccc(S(N)(=O)=O)s2)C1=O. The van der Waals surface area contributed by atoms with Gasteiger partial charge in [0.15, 0.2) is 6.10 Å². The van der Waals surface area contributed by atoms with Gasteiger partial charge in [-0.15, -0.1) is 11.3 Å². The Morgan fingerprint density at radius 3 is 2.73 bits per heavy atom. The highest BCUT2D eigenvalue weighted by atomic mass is 32.2. The van der Waals surface area contributed by atoms with Gasteiger partial charge in [-0.2, -0.15) is 0 Å². The molecule has 1 aliphatic heterocycles. The number of para-hydroxylation sites is 2. The van der Waals surface area contributed by atoms with E-state index in [1.165, 1.54) is 11.0 Å². The number of sulfonamides is 1. The fraction of sp³-hybridized carbons (Fsp3) is 0.250. The first kappa shape index (κ1) is 18.4. The lowest BCUT2D eigenvalue weighted by Gasteiger charge is -2.32. The minimum absolute atomic E-state index is 0.0351. The zero-order chi connectivity index (χ0) is 18.9. The van der Waals surface area contributed by atoms with Gasteiger partial charge >= 0.3 is 0 Å². The Morgan fingerprint density at radius 1 is 1.31 bits per heavy atom. The number of benzene rings is 1. The third kappa shape index (κ3) is 3.87. The molecule has 0 spiro atoms. The number of nitrogens with zero attached hydrogens (tertiary/aromatic N) is 1. The van der Waals surface area contributed by atoms with E-state index in [1.807, 2.05) is 0 Å². The number of rotatable bonds is 5. The summed E-state index contributed by atoms with van der Waals surface area (Å²) in [5, 5.41) is 7.74. The Bertz CT molecular complexity index is 954. The van der Waals surface area contributed by atoms with Crippen LogP contribution < -0.4 is 20.1 Å². The summed E-state index contributed by atoms with van der Waals surface area (Å²) in [7, 11) is -3.75. The van der Waals surface area contributed by atoms with Crippen molar-refractivity contribution in [3.8, 4) is 5.75 Å². The predicted octanol–water partition coefficient (Wildman–Crippen LogP) is 0.826. The highest BCUT2D eigenvalue weighted by Crippen LogP contribution is 2.33. The van der Waals surface area contributed by atoms with Crippen LogP contribution in [0.15, 0.2) is 40.6 Å². The first-order chi connectivity index (χ1) is 12.3. The van der Waals surface area contributed by atoms with E-state index < -0.39 is 16.1 Å². The zero-order valence-electron chi connectivity index (χ0n) is 13.8. The van der Waals surface area contributed by atoms with Gasteiger partial charge in [-0.3, -0.25) is 14.5 Å². The largest absolute Gasteiger partial charge is 0.479 e. The molecular weight excluding hydrogens is 378 g/mol. The van der Waals surface area contributed by atoms with Crippen molar-refractivity contribution in [3.05, 3.63) is 41.3 Å². The molecule has 3 N–H and O–H groups in total. The van der Waals surface area contributed by atoms with E-state index >= 15 is 0 Å². The number of amides is 2. The molecule has 26 heavy (non-hydrogen) atoms. The number of anilines is 1. The maximum atomic E-state index is 12.4. The fourth-order valence-electron chi connectivity index (χ4n) is 2.51. The molecule has 2 heterocycles. The van der Waals surface area contributed by atoms with Gasteiger partial charge < -0.3 is 10.1 Å². The first-order valence-electron chi connectivity index (χ1n) is 7.71. The highest BCUT2D eigenvalue weighted by molar-refractivity contribution is 7.91. The summed E-state index contributed by atoms with van der Waals surface area (Å²) in [6.45, 7) is 1.62. The molecule has 1 atom stereocenters. The first-order valence-corrected chi connectivity index (χ1v) is 10.1. The van der Waals surface area contributed by atoms with E-state index in [2.05, 4.69) is 5.32 Å². The van der Waals surface area contributed by atoms with E-state index in [1.54, 1.807) is 37.3 Å². The number of carbonyl (C=O) groups excluding carboxylic acids is 2. The van der Waals surface area contributed by atoms with Gasteiger partial charge in [-0.05, 0) is 31.2 Å².